The van der Waals surface area contributed by atoms with Gasteiger partial charge >= 0.3 is 0 Å². The minimum atomic E-state index is 0.0670. The van der Waals surface area contributed by atoms with Crippen LogP contribution in [0.1, 0.15) is 25.7 Å². The van der Waals surface area contributed by atoms with Crippen LogP contribution < -0.4 is 4.74 Å². The third-order valence-electron chi connectivity index (χ3n) is 5.07. The predicted molar refractivity (Wildman–Crippen MR) is 93.0 cm³/mol. The Hall–Kier alpha value is -1.10. The molecule has 2 heterocycles. The molecule has 4 nitrogen and oxygen atoms in total. The molecular weight excluding hydrogens is 288 g/mol. The highest BCUT2D eigenvalue weighted by Crippen LogP contribution is 2.37. The summed E-state index contributed by atoms with van der Waals surface area (Å²) in [6, 6.07) is 10.1. The van der Waals surface area contributed by atoms with Crippen molar-refractivity contribution in [2.75, 3.05) is 46.9 Å². The summed E-state index contributed by atoms with van der Waals surface area (Å²) in [4.78, 5) is 4.85. The Bertz CT molecular complexity index is 470. The minimum Gasteiger partial charge on any atom is -0.488 e. The van der Waals surface area contributed by atoms with E-state index in [-0.39, 0.29) is 11.7 Å². The number of hydrogen-bond acceptors (Lipinski definition) is 4. The second-order valence-electron chi connectivity index (χ2n) is 7.25. The quantitative estimate of drug-likeness (QED) is 0.805. The molecule has 1 unspecified atom stereocenters. The lowest BCUT2D eigenvalue weighted by molar-refractivity contribution is -0.0443. The van der Waals surface area contributed by atoms with Crippen LogP contribution in [0.4, 0.5) is 0 Å². The van der Waals surface area contributed by atoms with Gasteiger partial charge < -0.3 is 19.3 Å². The molecule has 2 saturated heterocycles. The summed E-state index contributed by atoms with van der Waals surface area (Å²) in [5, 5.41) is 0. The number of para-hydroxylation sites is 1. The van der Waals surface area contributed by atoms with Crippen molar-refractivity contribution in [3.8, 4) is 5.75 Å². The van der Waals surface area contributed by atoms with E-state index in [4.69, 9.17) is 9.47 Å². The molecule has 0 amide bonds. The molecule has 3 rings (SSSR count). The van der Waals surface area contributed by atoms with Crippen LogP contribution in [-0.4, -0.2) is 68.4 Å². The highest BCUT2D eigenvalue weighted by atomic mass is 16.6. The zero-order valence-corrected chi connectivity index (χ0v) is 14.5. The molecule has 0 aliphatic carbocycles. The van der Waals surface area contributed by atoms with Crippen LogP contribution in [0.15, 0.2) is 30.3 Å². The Balaban J connectivity index is 1.42. The van der Waals surface area contributed by atoms with Gasteiger partial charge in [0.2, 0.25) is 0 Å². The molecule has 0 bridgehead atoms. The van der Waals surface area contributed by atoms with E-state index in [1.807, 2.05) is 30.3 Å². The highest BCUT2D eigenvalue weighted by Gasteiger charge is 2.43. The molecular formula is C19H30N2O2. The smallest absolute Gasteiger partial charge is 0.125 e. The standard InChI is InChI=1S/C19H30N2O2/c1-20(2)11-6-12-21-13-9-19(10-14-21)15-18(16-22-19)23-17-7-4-3-5-8-17/h3-5,7-8,18H,6,9-16H2,1-2H3. The number of likely N-dealkylation sites (tertiary alicyclic amines) is 1. The van der Waals surface area contributed by atoms with Gasteiger partial charge in [-0.05, 0) is 58.6 Å². The van der Waals surface area contributed by atoms with Crippen molar-refractivity contribution in [2.45, 2.75) is 37.4 Å². The fourth-order valence-electron chi connectivity index (χ4n) is 3.71. The van der Waals surface area contributed by atoms with Crippen LogP contribution in [0.2, 0.25) is 0 Å². The first-order valence-electron chi connectivity index (χ1n) is 8.88. The van der Waals surface area contributed by atoms with Crippen LogP contribution in [0.3, 0.4) is 0 Å². The monoisotopic (exact) mass is 318 g/mol. The molecule has 2 aliphatic rings. The summed E-state index contributed by atoms with van der Waals surface area (Å²) in [5.74, 6) is 0.958. The van der Waals surface area contributed by atoms with Crippen LogP contribution in [0.25, 0.3) is 0 Å². The molecule has 1 spiro atoms. The van der Waals surface area contributed by atoms with E-state index in [0.717, 1.165) is 44.7 Å². The zero-order chi connectivity index (χ0) is 16.1. The Labute approximate surface area is 140 Å². The number of nitrogens with zero attached hydrogens (tertiary/aromatic N) is 2. The summed E-state index contributed by atoms with van der Waals surface area (Å²) in [7, 11) is 4.29. The number of hydrogen-bond donors (Lipinski definition) is 0. The molecule has 0 aromatic heterocycles. The van der Waals surface area contributed by atoms with Gasteiger partial charge in [-0.15, -0.1) is 0 Å². The maximum atomic E-state index is 6.20. The predicted octanol–water partition coefficient (Wildman–Crippen LogP) is 2.64. The molecule has 2 aliphatic heterocycles. The first-order valence-corrected chi connectivity index (χ1v) is 8.88. The van der Waals surface area contributed by atoms with Gasteiger partial charge in [0.25, 0.3) is 0 Å². The van der Waals surface area contributed by atoms with Gasteiger partial charge in [0.15, 0.2) is 0 Å². The fourth-order valence-corrected chi connectivity index (χ4v) is 3.71. The van der Waals surface area contributed by atoms with Crippen molar-refractivity contribution in [1.82, 2.24) is 9.80 Å². The van der Waals surface area contributed by atoms with Crippen molar-refractivity contribution in [1.29, 1.82) is 0 Å². The second kappa shape index (κ2) is 7.65. The summed E-state index contributed by atoms with van der Waals surface area (Å²) in [5.41, 5.74) is 0.0670. The first-order chi connectivity index (χ1) is 11.2. The van der Waals surface area contributed by atoms with Gasteiger partial charge in [-0.25, -0.2) is 0 Å². The third kappa shape index (κ3) is 4.69. The van der Waals surface area contributed by atoms with Crippen molar-refractivity contribution in [3.63, 3.8) is 0 Å². The van der Waals surface area contributed by atoms with E-state index in [0.29, 0.717) is 0 Å². The van der Waals surface area contributed by atoms with Gasteiger partial charge in [0.05, 0.1) is 12.2 Å². The topological polar surface area (TPSA) is 24.9 Å². The largest absolute Gasteiger partial charge is 0.488 e. The number of benzene rings is 1. The zero-order valence-electron chi connectivity index (χ0n) is 14.5. The van der Waals surface area contributed by atoms with Crippen LogP contribution in [0.5, 0.6) is 5.75 Å². The lowest BCUT2D eigenvalue weighted by atomic mass is 9.88. The van der Waals surface area contributed by atoms with Gasteiger partial charge in [-0.2, -0.15) is 0 Å². The highest BCUT2D eigenvalue weighted by molar-refractivity contribution is 5.21. The van der Waals surface area contributed by atoms with Crippen LogP contribution in [0, 0.1) is 0 Å². The summed E-state index contributed by atoms with van der Waals surface area (Å²) in [6.45, 7) is 5.43. The van der Waals surface area contributed by atoms with Crippen molar-refractivity contribution in [2.24, 2.45) is 0 Å². The Morgan fingerprint density at radius 2 is 1.96 bits per heavy atom. The van der Waals surface area contributed by atoms with Crippen molar-refractivity contribution in [3.05, 3.63) is 30.3 Å². The first kappa shape index (κ1) is 16.7. The van der Waals surface area contributed by atoms with Gasteiger partial charge in [-0.3, -0.25) is 0 Å². The summed E-state index contributed by atoms with van der Waals surface area (Å²) < 4.78 is 12.3. The normalized spacial score (nSPS) is 24.4. The van der Waals surface area contributed by atoms with E-state index >= 15 is 0 Å². The molecule has 1 aromatic carbocycles. The maximum absolute atomic E-state index is 6.20. The SMILES string of the molecule is CN(C)CCCN1CCC2(CC1)CC(Oc1ccccc1)CO2. The van der Waals surface area contributed by atoms with Gasteiger partial charge in [0, 0.05) is 19.5 Å². The molecule has 23 heavy (non-hydrogen) atoms. The summed E-state index contributed by atoms with van der Waals surface area (Å²) in [6.07, 6.45) is 4.78. The molecule has 4 heteroatoms. The Kier molecular flexibility index (Phi) is 5.57. The summed E-state index contributed by atoms with van der Waals surface area (Å²) >= 11 is 0. The molecule has 0 saturated carbocycles. The average Bonchev–Trinajstić information content (AvgIpc) is 2.93. The van der Waals surface area contributed by atoms with E-state index in [1.165, 1.54) is 19.5 Å². The molecule has 0 radical (unpaired) electrons. The van der Waals surface area contributed by atoms with Gasteiger partial charge in [-0.1, -0.05) is 18.2 Å². The number of piperidine rings is 1. The van der Waals surface area contributed by atoms with E-state index in [9.17, 15) is 0 Å². The number of rotatable bonds is 6. The second-order valence-corrected chi connectivity index (χ2v) is 7.25. The Morgan fingerprint density at radius 1 is 1.22 bits per heavy atom. The Morgan fingerprint density at radius 3 is 2.65 bits per heavy atom. The minimum absolute atomic E-state index is 0.0670. The molecule has 1 aromatic rings. The lowest BCUT2D eigenvalue weighted by Crippen LogP contribution is -2.45. The van der Waals surface area contributed by atoms with E-state index in [1.54, 1.807) is 0 Å². The van der Waals surface area contributed by atoms with Crippen LogP contribution in [-0.2, 0) is 4.74 Å². The van der Waals surface area contributed by atoms with Gasteiger partial charge in [0.1, 0.15) is 11.9 Å². The lowest BCUT2D eigenvalue weighted by Gasteiger charge is -2.38. The van der Waals surface area contributed by atoms with Crippen molar-refractivity contribution >= 4 is 0 Å². The molecule has 1 atom stereocenters. The number of ether oxygens (including phenoxy) is 2. The molecule has 2 fully saturated rings. The average molecular weight is 318 g/mol. The maximum Gasteiger partial charge on any atom is 0.125 e. The van der Waals surface area contributed by atoms with E-state index < -0.39 is 0 Å². The third-order valence-corrected chi connectivity index (χ3v) is 5.07. The van der Waals surface area contributed by atoms with Crippen LogP contribution >= 0.6 is 0 Å². The van der Waals surface area contributed by atoms with Crippen molar-refractivity contribution < 1.29 is 9.47 Å². The fraction of sp³-hybridized carbons (Fsp3) is 0.684. The molecule has 0 N–H and O–H groups in total. The molecule has 128 valence electrons. The van der Waals surface area contributed by atoms with E-state index in [2.05, 4.69) is 23.9 Å².